The summed E-state index contributed by atoms with van der Waals surface area (Å²) in [7, 11) is -8.01. The van der Waals surface area contributed by atoms with Gasteiger partial charge < -0.3 is 0 Å². The normalized spacial score (nSPS) is 11.0. The zero-order chi connectivity index (χ0) is 14.4. The van der Waals surface area contributed by atoms with Crippen LogP contribution in [0.2, 0.25) is 0 Å². The Morgan fingerprint density at radius 2 is 1.44 bits per heavy atom. The minimum absolute atomic E-state index is 0.111. The molecular formula is C10H12O6S2. The van der Waals surface area contributed by atoms with Crippen LogP contribution in [0.3, 0.4) is 0 Å². The number of hydrogen-bond donors (Lipinski definition) is 2. The highest BCUT2D eigenvalue weighted by Crippen LogP contribution is 2.15. The Bertz CT molecular complexity index is 616. The molecular weight excluding hydrogens is 280 g/mol. The lowest BCUT2D eigenvalue weighted by atomic mass is 10.2. The van der Waals surface area contributed by atoms with Crippen LogP contribution in [0, 0.1) is 0 Å². The van der Waals surface area contributed by atoms with Gasteiger partial charge in [-0.3, -0.25) is 9.11 Å². The molecule has 0 aliphatic heterocycles. The van der Waals surface area contributed by atoms with Crippen LogP contribution in [0.1, 0.15) is 5.56 Å². The summed E-state index contributed by atoms with van der Waals surface area (Å²) in [6.07, 6.45) is 1.38. The van der Waals surface area contributed by atoms with Gasteiger partial charge in [-0.1, -0.05) is 37.4 Å². The van der Waals surface area contributed by atoms with Gasteiger partial charge in [0.2, 0.25) is 0 Å². The first kappa shape index (κ1) is 16.5. The highest BCUT2D eigenvalue weighted by molar-refractivity contribution is 7.88. The molecule has 6 nitrogen and oxygen atoms in total. The van der Waals surface area contributed by atoms with Gasteiger partial charge in [-0.05, 0) is 11.6 Å². The molecule has 0 saturated carbocycles. The SMILES string of the molecule is C=CS(=O)(=O)O.C=Cc1ccccc1S(=O)(=O)O. The van der Waals surface area contributed by atoms with Crippen molar-refractivity contribution in [3.8, 4) is 0 Å². The van der Waals surface area contributed by atoms with Crippen molar-refractivity contribution in [2.24, 2.45) is 0 Å². The molecule has 0 saturated heterocycles. The zero-order valence-electron chi connectivity index (χ0n) is 9.22. The lowest BCUT2D eigenvalue weighted by Gasteiger charge is -2.00. The van der Waals surface area contributed by atoms with Gasteiger partial charge in [0.15, 0.2) is 0 Å². The maximum Gasteiger partial charge on any atom is 0.295 e. The molecule has 0 fully saturated rings. The van der Waals surface area contributed by atoms with Crippen molar-refractivity contribution in [1.82, 2.24) is 0 Å². The second-order valence-corrected chi connectivity index (χ2v) is 5.65. The van der Waals surface area contributed by atoms with Crippen molar-refractivity contribution >= 4 is 26.3 Å². The minimum atomic E-state index is -4.12. The highest BCUT2D eigenvalue weighted by atomic mass is 32.2. The van der Waals surface area contributed by atoms with E-state index in [1.165, 1.54) is 18.2 Å². The molecule has 1 aromatic rings. The summed E-state index contributed by atoms with van der Waals surface area (Å²) in [4.78, 5) is -0.111. The van der Waals surface area contributed by atoms with Crippen molar-refractivity contribution < 1.29 is 25.9 Å². The lowest BCUT2D eigenvalue weighted by molar-refractivity contribution is 0.482. The van der Waals surface area contributed by atoms with E-state index in [1.54, 1.807) is 12.1 Å². The molecule has 2 N–H and O–H groups in total. The fourth-order valence-electron chi connectivity index (χ4n) is 0.884. The van der Waals surface area contributed by atoms with E-state index < -0.39 is 20.2 Å². The zero-order valence-corrected chi connectivity index (χ0v) is 10.9. The minimum Gasteiger partial charge on any atom is -0.282 e. The first-order valence-electron chi connectivity index (χ1n) is 4.40. The largest absolute Gasteiger partial charge is 0.295 e. The molecule has 0 unspecified atom stereocenters. The first-order chi connectivity index (χ1) is 8.11. The van der Waals surface area contributed by atoms with E-state index in [9.17, 15) is 16.8 Å². The fourth-order valence-corrected chi connectivity index (χ4v) is 1.58. The van der Waals surface area contributed by atoms with Crippen LogP contribution in [0.4, 0.5) is 0 Å². The maximum atomic E-state index is 10.7. The smallest absolute Gasteiger partial charge is 0.282 e. The van der Waals surface area contributed by atoms with E-state index in [0.29, 0.717) is 11.0 Å². The van der Waals surface area contributed by atoms with Crippen LogP contribution < -0.4 is 0 Å². The molecule has 100 valence electrons. The van der Waals surface area contributed by atoms with Gasteiger partial charge in [0.05, 0.1) is 5.41 Å². The van der Waals surface area contributed by atoms with Gasteiger partial charge in [0, 0.05) is 0 Å². The average Bonchev–Trinajstić information content (AvgIpc) is 2.28. The molecule has 0 aliphatic carbocycles. The van der Waals surface area contributed by atoms with E-state index in [4.69, 9.17) is 9.11 Å². The standard InChI is InChI=1S/C8H8O3S.C2H4O3S/c1-2-7-5-3-4-6-8(7)12(9,10)11;1-2-6(3,4)5/h2-6H,1H2,(H,9,10,11);2H,1H2,(H,3,4,5). The Morgan fingerprint density at radius 3 is 1.72 bits per heavy atom. The lowest BCUT2D eigenvalue weighted by Crippen LogP contribution is -1.99. The van der Waals surface area contributed by atoms with Crippen LogP contribution in [0.15, 0.2) is 47.7 Å². The molecule has 0 radical (unpaired) electrons. The van der Waals surface area contributed by atoms with Gasteiger partial charge in [0.1, 0.15) is 4.90 Å². The van der Waals surface area contributed by atoms with E-state index in [1.807, 2.05) is 0 Å². The van der Waals surface area contributed by atoms with Gasteiger partial charge in [-0.15, -0.1) is 0 Å². The summed E-state index contributed by atoms with van der Waals surface area (Å²) in [5.41, 5.74) is 0.403. The molecule has 0 bridgehead atoms. The fraction of sp³-hybridized carbons (Fsp3) is 0. The first-order valence-corrected chi connectivity index (χ1v) is 7.35. The van der Waals surface area contributed by atoms with Crippen LogP contribution >= 0.6 is 0 Å². The van der Waals surface area contributed by atoms with Crippen molar-refractivity contribution in [1.29, 1.82) is 0 Å². The summed E-state index contributed by atoms with van der Waals surface area (Å²) >= 11 is 0. The molecule has 1 aromatic carbocycles. The molecule has 18 heavy (non-hydrogen) atoms. The second kappa shape index (κ2) is 6.45. The number of rotatable bonds is 3. The van der Waals surface area contributed by atoms with Gasteiger partial charge in [-0.2, -0.15) is 16.8 Å². The van der Waals surface area contributed by atoms with E-state index in [-0.39, 0.29) is 4.90 Å². The topological polar surface area (TPSA) is 109 Å². The predicted molar refractivity (Wildman–Crippen MR) is 68.1 cm³/mol. The monoisotopic (exact) mass is 292 g/mol. The Morgan fingerprint density at radius 1 is 1.00 bits per heavy atom. The molecule has 0 spiro atoms. The summed E-state index contributed by atoms with van der Waals surface area (Å²) in [6, 6.07) is 6.10. The Hall–Kier alpha value is -1.48. The van der Waals surface area contributed by atoms with Crippen molar-refractivity contribution in [3.05, 3.63) is 48.4 Å². The average molecular weight is 292 g/mol. The molecule has 0 atom stereocenters. The summed E-state index contributed by atoms with van der Waals surface area (Å²) in [6.45, 7) is 6.22. The summed E-state index contributed by atoms with van der Waals surface area (Å²) < 4.78 is 56.7. The van der Waals surface area contributed by atoms with Crippen LogP contribution in [-0.4, -0.2) is 25.9 Å². The number of benzene rings is 1. The third-order valence-electron chi connectivity index (χ3n) is 1.63. The maximum absolute atomic E-state index is 10.7. The number of hydrogen-bond acceptors (Lipinski definition) is 4. The van der Waals surface area contributed by atoms with Crippen LogP contribution in [0.5, 0.6) is 0 Å². The third kappa shape index (κ3) is 6.30. The van der Waals surface area contributed by atoms with Crippen LogP contribution in [0.25, 0.3) is 6.08 Å². The molecule has 8 heteroatoms. The van der Waals surface area contributed by atoms with Crippen molar-refractivity contribution in [3.63, 3.8) is 0 Å². The summed E-state index contributed by atoms with van der Waals surface area (Å²) in [5.74, 6) is 0. The quantitative estimate of drug-likeness (QED) is 0.819. The van der Waals surface area contributed by atoms with Gasteiger partial charge in [0.25, 0.3) is 20.2 Å². The van der Waals surface area contributed by atoms with Crippen molar-refractivity contribution in [2.75, 3.05) is 0 Å². The Kier molecular flexibility index (Phi) is 5.92. The molecule has 0 amide bonds. The summed E-state index contributed by atoms with van der Waals surface area (Å²) in [5, 5.41) is 0.465. The molecule has 0 aromatic heterocycles. The Balaban J connectivity index is 0.000000411. The Labute approximate surface area is 106 Å². The van der Waals surface area contributed by atoms with Crippen LogP contribution in [-0.2, 0) is 20.2 Å². The third-order valence-corrected chi connectivity index (χ3v) is 2.98. The van der Waals surface area contributed by atoms with E-state index >= 15 is 0 Å². The van der Waals surface area contributed by atoms with Crippen molar-refractivity contribution in [2.45, 2.75) is 4.90 Å². The highest BCUT2D eigenvalue weighted by Gasteiger charge is 2.11. The molecule has 0 heterocycles. The van der Waals surface area contributed by atoms with Gasteiger partial charge >= 0.3 is 0 Å². The molecule has 0 aliphatic rings. The van der Waals surface area contributed by atoms with E-state index in [2.05, 4.69) is 13.2 Å². The predicted octanol–water partition coefficient (Wildman–Crippen LogP) is 1.59. The van der Waals surface area contributed by atoms with Gasteiger partial charge in [-0.25, -0.2) is 0 Å². The second-order valence-electron chi connectivity index (χ2n) is 2.90. The molecule has 1 rings (SSSR count). The van der Waals surface area contributed by atoms with E-state index in [0.717, 1.165) is 0 Å².